The maximum atomic E-state index is 14.1. The lowest BCUT2D eigenvalue weighted by molar-refractivity contribution is 0.218. The van der Waals surface area contributed by atoms with Crippen molar-refractivity contribution in [3.8, 4) is 11.1 Å². The molecule has 1 aliphatic carbocycles. The molecule has 0 amide bonds. The van der Waals surface area contributed by atoms with Crippen LogP contribution in [0.2, 0.25) is 5.02 Å². The standard InChI is InChI=1S/C27H30ClN3O4S2/c1-30-26(19-9-4-2-5-10-19)18-31(21-12-6-3-7-13-21)25-17-24(28)23(16-27(25)37(30,34)35)20-11-8-14-22(15-20)36(29,32)33/h3,6-8,11-17,19,26H,2,4-5,9-10,18H2,1H3,(H2,29,32,33)/t26-/m0/s1. The van der Waals surface area contributed by atoms with Crippen molar-refractivity contribution < 1.29 is 16.8 Å². The SMILES string of the molecule is CN1[C@H](C2CCCCC2)CN(c2ccccc2)c2cc(Cl)c(-c3cccc(S(N)(=O)=O)c3)cc2S1(=O)=O. The van der Waals surface area contributed by atoms with Gasteiger partial charge in [0.05, 0.1) is 15.6 Å². The molecule has 0 aromatic heterocycles. The number of nitrogens with two attached hydrogens (primary N) is 1. The van der Waals surface area contributed by atoms with E-state index in [2.05, 4.69) is 0 Å². The molecule has 10 heteroatoms. The van der Waals surface area contributed by atoms with Crippen molar-refractivity contribution >= 4 is 43.0 Å². The first kappa shape index (κ1) is 26.2. The lowest BCUT2D eigenvalue weighted by atomic mass is 9.83. The van der Waals surface area contributed by atoms with Gasteiger partial charge in [0.1, 0.15) is 4.90 Å². The fraction of sp³-hybridized carbons (Fsp3) is 0.333. The first-order valence-corrected chi connectivity index (χ1v) is 15.7. The van der Waals surface area contributed by atoms with E-state index in [1.54, 1.807) is 31.3 Å². The van der Waals surface area contributed by atoms with E-state index in [0.29, 0.717) is 28.4 Å². The van der Waals surface area contributed by atoms with E-state index in [9.17, 15) is 16.8 Å². The Morgan fingerprint density at radius 1 is 0.946 bits per heavy atom. The second kappa shape index (κ2) is 10.0. The van der Waals surface area contributed by atoms with Crippen LogP contribution in [0.3, 0.4) is 0 Å². The Labute approximate surface area is 224 Å². The predicted octanol–water partition coefficient (Wildman–Crippen LogP) is 5.38. The molecule has 2 aliphatic rings. The van der Waals surface area contributed by atoms with Gasteiger partial charge in [-0.25, -0.2) is 22.0 Å². The maximum Gasteiger partial charge on any atom is 0.245 e. The molecule has 37 heavy (non-hydrogen) atoms. The summed E-state index contributed by atoms with van der Waals surface area (Å²) in [5.41, 5.74) is 2.28. The molecular weight excluding hydrogens is 530 g/mol. The average Bonchev–Trinajstić information content (AvgIpc) is 2.97. The Morgan fingerprint density at radius 2 is 1.65 bits per heavy atom. The smallest absolute Gasteiger partial charge is 0.245 e. The lowest BCUT2D eigenvalue weighted by Crippen LogP contribution is -2.46. The van der Waals surface area contributed by atoms with E-state index in [-0.39, 0.29) is 21.8 Å². The first-order valence-electron chi connectivity index (χ1n) is 12.3. The van der Waals surface area contributed by atoms with Gasteiger partial charge >= 0.3 is 0 Å². The van der Waals surface area contributed by atoms with E-state index in [1.165, 1.54) is 22.9 Å². The number of hydrogen-bond acceptors (Lipinski definition) is 5. The van der Waals surface area contributed by atoms with Crippen LogP contribution >= 0.6 is 11.6 Å². The van der Waals surface area contributed by atoms with Crippen LogP contribution in [0.5, 0.6) is 0 Å². The van der Waals surface area contributed by atoms with Gasteiger partial charge in [-0.15, -0.1) is 0 Å². The summed E-state index contributed by atoms with van der Waals surface area (Å²) in [4.78, 5) is 2.11. The van der Waals surface area contributed by atoms with Crippen LogP contribution in [0.1, 0.15) is 32.1 Å². The van der Waals surface area contributed by atoms with Crippen LogP contribution in [-0.4, -0.2) is 40.8 Å². The van der Waals surface area contributed by atoms with Crippen molar-refractivity contribution in [1.82, 2.24) is 4.31 Å². The minimum atomic E-state index is -3.94. The number of anilines is 2. The van der Waals surface area contributed by atoms with E-state index in [0.717, 1.165) is 31.4 Å². The van der Waals surface area contributed by atoms with Crippen molar-refractivity contribution in [2.24, 2.45) is 11.1 Å². The van der Waals surface area contributed by atoms with Crippen LogP contribution in [-0.2, 0) is 20.0 Å². The second-order valence-corrected chi connectivity index (χ2v) is 13.7. The van der Waals surface area contributed by atoms with Gasteiger partial charge in [0.25, 0.3) is 0 Å². The number of rotatable bonds is 4. The number of halogens is 1. The van der Waals surface area contributed by atoms with E-state index in [1.807, 2.05) is 35.2 Å². The Bertz CT molecular complexity index is 1520. The molecule has 0 bridgehead atoms. The van der Waals surface area contributed by atoms with Crippen molar-refractivity contribution in [3.63, 3.8) is 0 Å². The van der Waals surface area contributed by atoms with Crippen LogP contribution in [0.4, 0.5) is 11.4 Å². The summed E-state index contributed by atoms with van der Waals surface area (Å²) in [6.45, 7) is 0.508. The molecule has 0 radical (unpaired) electrons. The van der Waals surface area contributed by atoms with Gasteiger partial charge in [-0.2, -0.15) is 4.31 Å². The van der Waals surface area contributed by atoms with Crippen LogP contribution in [0.25, 0.3) is 11.1 Å². The van der Waals surface area contributed by atoms with E-state index < -0.39 is 20.0 Å². The third-order valence-electron chi connectivity index (χ3n) is 7.57. The summed E-state index contributed by atoms with van der Waals surface area (Å²) in [5, 5.41) is 5.65. The topological polar surface area (TPSA) is 101 Å². The van der Waals surface area contributed by atoms with Gasteiger partial charge in [-0.05, 0) is 60.7 Å². The molecule has 1 heterocycles. The molecule has 5 rings (SSSR count). The molecule has 0 unspecified atom stereocenters. The van der Waals surface area contributed by atoms with Gasteiger partial charge in [0.2, 0.25) is 20.0 Å². The monoisotopic (exact) mass is 559 g/mol. The minimum Gasteiger partial charge on any atom is -0.339 e. The van der Waals surface area contributed by atoms with Gasteiger partial charge in [-0.1, -0.05) is 61.2 Å². The lowest BCUT2D eigenvalue weighted by Gasteiger charge is -2.36. The molecule has 1 atom stereocenters. The van der Waals surface area contributed by atoms with E-state index in [4.69, 9.17) is 16.7 Å². The number of hydrogen-bond donors (Lipinski definition) is 1. The van der Waals surface area contributed by atoms with Gasteiger partial charge < -0.3 is 4.90 Å². The number of benzene rings is 3. The zero-order valence-corrected chi connectivity index (χ0v) is 22.9. The average molecular weight is 560 g/mol. The van der Waals surface area contributed by atoms with Crippen molar-refractivity contribution in [3.05, 3.63) is 71.8 Å². The van der Waals surface area contributed by atoms with Crippen molar-refractivity contribution in [2.75, 3.05) is 18.5 Å². The van der Waals surface area contributed by atoms with Gasteiger partial charge in [0.15, 0.2) is 0 Å². The van der Waals surface area contributed by atoms with Gasteiger partial charge in [-0.3, -0.25) is 0 Å². The van der Waals surface area contributed by atoms with Crippen LogP contribution < -0.4 is 10.0 Å². The summed E-state index contributed by atoms with van der Waals surface area (Å²) < 4.78 is 53.7. The highest BCUT2D eigenvalue weighted by molar-refractivity contribution is 7.89. The highest BCUT2D eigenvalue weighted by Crippen LogP contribution is 2.44. The number of primary sulfonamides is 1. The first-order chi connectivity index (χ1) is 17.6. The largest absolute Gasteiger partial charge is 0.339 e. The third kappa shape index (κ3) is 5.03. The fourth-order valence-corrected chi connectivity index (χ4v) is 8.01. The molecular formula is C27H30ClN3O4S2. The van der Waals surface area contributed by atoms with E-state index >= 15 is 0 Å². The number of likely N-dealkylation sites (N-methyl/N-ethyl adjacent to an activating group) is 1. The minimum absolute atomic E-state index is 0.0701. The number of sulfonamides is 2. The Kier molecular flexibility index (Phi) is 7.10. The molecule has 3 aromatic carbocycles. The summed E-state index contributed by atoms with van der Waals surface area (Å²) in [5.74, 6) is 0.260. The Morgan fingerprint density at radius 3 is 2.32 bits per heavy atom. The summed E-state index contributed by atoms with van der Waals surface area (Å²) in [6.07, 6.45) is 5.37. The summed E-state index contributed by atoms with van der Waals surface area (Å²) in [6, 6.07) is 18.8. The highest BCUT2D eigenvalue weighted by atomic mass is 35.5. The quantitative estimate of drug-likeness (QED) is 0.463. The van der Waals surface area contributed by atoms with Crippen LogP contribution in [0.15, 0.2) is 76.5 Å². The number of fused-ring (bicyclic) bond motifs is 1. The molecule has 1 fully saturated rings. The van der Waals surface area contributed by atoms with Crippen molar-refractivity contribution in [2.45, 2.75) is 47.9 Å². The number of para-hydroxylation sites is 1. The Hall–Kier alpha value is -2.43. The zero-order valence-electron chi connectivity index (χ0n) is 20.5. The van der Waals surface area contributed by atoms with Crippen molar-refractivity contribution in [1.29, 1.82) is 0 Å². The summed E-state index contributed by atoms with van der Waals surface area (Å²) in [7, 11) is -6.17. The highest BCUT2D eigenvalue weighted by Gasteiger charge is 2.41. The normalized spacial score (nSPS) is 20.8. The third-order valence-corrected chi connectivity index (χ3v) is 10.7. The molecule has 196 valence electrons. The summed E-state index contributed by atoms with van der Waals surface area (Å²) >= 11 is 6.77. The molecule has 2 N–H and O–H groups in total. The molecule has 7 nitrogen and oxygen atoms in total. The fourth-order valence-electron chi connectivity index (χ4n) is 5.57. The predicted molar refractivity (Wildman–Crippen MR) is 147 cm³/mol. The number of nitrogens with zero attached hydrogens (tertiary/aromatic N) is 2. The molecule has 1 saturated carbocycles. The Balaban J connectivity index is 1.71. The zero-order chi connectivity index (χ0) is 26.4. The second-order valence-electron chi connectivity index (χ2n) is 9.81. The van der Waals surface area contributed by atoms with Crippen LogP contribution in [0, 0.1) is 5.92 Å². The molecule has 0 saturated heterocycles. The molecule has 3 aromatic rings. The molecule has 0 spiro atoms. The molecule has 1 aliphatic heterocycles. The van der Waals surface area contributed by atoms with Gasteiger partial charge in [0, 0.05) is 30.9 Å². The maximum absolute atomic E-state index is 14.1.